The first-order valence-electron chi connectivity index (χ1n) is 11.5. The minimum Gasteiger partial charge on any atom is -0.445 e. The second kappa shape index (κ2) is 9.51. The van der Waals surface area contributed by atoms with Gasteiger partial charge in [-0.3, -0.25) is 9.69 Å². The SMILES string of the molecule is CC(C)(C)C(NC(=O)OCc1ccccc1)C(=O)N1CCC2C(C1)N2Cc1ccc(F)cc1. The number of benzene rings is 2. The number of amides is 2. The number of halogens is 1. The average molecular weight is 454 g/mol. The van der Waals surface area contributed by atoms with E-state index in [1.165, 1.54) is 12.1 Å². The molecule has 0 radical (unpaired) electrons. The van der Waals surface area contributed by atoms with E-state index in [1.54, 1.807) is 0 Å². The van der Waals surface area contributed by atoms with Crippen molar-refractivity contribution in [1.82, 2.24) is 15.1 Å². The van der Waals surface area contributed by atoms with Crippen molar-refractivity contribution in [3.8, 4) is 0 Å². The maximum Gasteiger partial charge on any atom is 0.408 e. The van der Waals surface area contributed by atoms with Crippen molar-refractivity contribution in [1.29, 1.82) is 0 Å². The van der Waals surface area contributed by atoms with Crippen LogP contribution in [0.5, 0.6) is 0 Å². The molecule has 0 saturated carbocycles. The molecule has 4 rings (SSSR count). The highest BCUT2D eigenvalue weighted by molar-refractivity contribution is 5.86. The lowest BCUT2D eigenvalue weighted by atomic mass is 9.85. The lowest BCUT2D eigenvalue weighted by molar-refractivity contribution is -0.136. The Hall–Kier alpha value is -2.93. The van der Waals surface area contributed by atoms with Gasteiger partial charge in [0.05, 0.1) is 0 Å². The molecule has 0 aromatic heterocycles. The molecule has 2 saturated heterocycles. The van der Waals surface area contributed by atoms with Crippen LogP contribution in [-0.2, 0) is 22.7 Å². The number of carbonyl (C=O) groups is 2. The van der Waals surface area contributed by atoms with Crippen LogP contribution in [0.25, 0.3) is 0 Å². The van der Waals surface area contributed by atoms with Crippen LogP contribution in [0.4, 0.5) is 9.18 Å². The predicted octanol–water partition coefficient (Wildman–Crippen LogP) is 3.95. The number of hydrogen-bond acceptors (Lipinski definition) is 4. The number of nitrogens with one attached hydrogen (secondary N) is 1. The normalized spacial score (nSPS) is 22.8. The Labute approximate surface area is 194 Å². The summed E-state index contributed by atoms with van der Waals surface area (Å²) in [6, 6.07) is 16.1. The van der Waals surface area contributed by atoms with E-state index >= 15 is 0 Å². The third-order valence-electron chi connectivity index (χ3n) is 6.49. The Bertz CT molecular complexity index is 975. The number of rotatable bonds is 6. The van der Waals surface area contributed by atoms with Crippen LogP contribution in [0, 0.1) is 11.2 Å². The molecule has 0 aliphatic carbocycles. The molecule has 2 aliphatic heterocycles. The summed E-state index contributed by atoms with van der Waals surface area (Å²) in [4.78, 5) is 30.1. The van der Waals surface area contributed by atoms with E-state index in [9.17, 15) is 14.0 Å². The van der Waals surface area contributed by atoms with Crippen LogP contribution in [0.2, 0.25) is 0 Å². The number of nitrogens with zero attached hydrogens (tertiary/aromatic N) is 2. The average Bonchev–Trinajstić information content (AvgIpc) is 3.48. The molecule has 2 amide bonds. The van der Waals surface area contributed by atoms with E-state index < -0.39 is 17.6 Å². The lowest BCUT2D eigenvalue weighted by Gasteiger charge is -2.35. The standard InChI is InChI=1S/C26H32FN3O3/c1-26(2,3)23(28-25(32)33-17-19-7-5-4-6-8-19)24(31)29-14-13-21-22(16-29)30(21)15-18-9-11-20(27)12-10-18/h4-12,21-23H,13-17H2,1-3H3,(H,28,32). The van der Waals surface area contributed by atoms with Gasteiger partial charge in [0.2, 0.25) is 5.91 Å². The van der Waals surface area contributed by atoms with Crippen molar-refractivity contribution in [3.63, 3.8) is 0 Å². The molecule has 4 unspecified atom stereocenters. The van der Waals surface area contributed by atoms with Gasteiger partial charge in [-0.1, -0.05) is 63.2 Å². The number of hydrogen-bond donors (Lipinski definition) is 1. The van der Waals surface area contributed by atoms with E-state index in [0.717, 1.165) is 24.1 Å². The summed E-state index contributed by atoms with van der Waals surface area (Å²) in [5, 5.41) is 2.81. The van der Waals surface area contributed by atoms with E-state index in [0.29, 0.717) is 25.2 Å². The van der Waals surface area contributed by atoms with Gasteiger partial charge in [-0.05, 0) is 35.1 Å². The summed E-state index contributed by atoms with van der Waals surface area (Å²) < 4.78 is 18.5. The Balaban J connectivity index is 1.33. The minimum absolute atomic E-state index is 0.0776. The van der Waals surface area contributed by atoms with Crippen LogP contribution >= 0.6 is 0 Å². The fourth-order valence-electron chi connectivity index (χ4n) is 4.53. The molecular weight excluding hydrogens is 421 g/mol. The maximum absolute atomic E-state index is 13.4. The number of carbonyl (C=O) groups excluding carboxylic acids is 2. The van der Waals surface area contributed by atoms with Crippen molar-refractivity contribution in [2.45, 2.75) is 58.5 Å². The van der Waals surface area contributed by atoms with E-state index in [4.69, 9.17) is 4.74 Å². The number of piperidine rings is 1. The summed E-state index contributed by atoms with van der Waals surface area (Å²) in [7, 11) is 0. The smallest absolute Gasteiger partial charge is 0.408 e. The largest absolute Gasteiger partial charge is 0.445 e. The zero-order valence-corrected chi connectivity index (χ0v) is 19.5. The molecule has 0 spiro atoms. The van der Waals surface area contributed by atoms with Crippen molar-refractivity contribution >= 4 is 12.0 Å². The second-order valence-electron chi connectivity index (χ2n) is 10.0. The highest BCUT2D eigenvalue weighted by atomic mass is 19.1. The molecule has 2 aromatic carbocycles. The van der Waals surface area contributed by atoms with Crippen molar-refractivity contribution in [3.05, 3.63) is 71.5 Å². The first-order chi connectivity index (χ1) is 15.7. The van der Waals surface area contributed by atoms with Crippen LogP contribution in [0.15, 0.2) is 54.6 Å². The first kappa shape index (κ1) is 23.2. The molecule has 2 fully saturated rings. The van der Waals surface area contributed by atoms with Gasteiger partial charge in [-0.15, -0.1) is 0 Å². The molecule has 176 valence electrons. The van der Waals surface area contributed by atoms with Crippen LogP contribution in [0.3, 0.4) is 0 Å². The van der Waals surface area contributed by atoms with Crippen LogP contribution < -0.4 is 5.32 Å². The highest BCUT2D eigenvalue weighted by Gasteiger charge is 2.52. The number of fused-ring (bicyclic) bond motifs is 1. The first-order valence-corrected chi connectivity index (χ1v) is 11.5. The quantitative estimate of drug-likeness (QED) is 0.673. The zero-order chi connectivity index (χ0) is 23.6. The Morgan fingerprint density at radius 1 is 1.06 bits per heavy atom. The third-order valence-corrected chi connectivity index (χ3v) is 6.49. The molecular formula is C26H32FN3O3. The molecule has 33 heavy (non-hydrogen) atoms. The molecule has 6 nitrogen and oxygen atoms in total. The molecule has 4 atom stereocenters. The van der Waals surface area contributed by atoms with Crippen LogP contribution in [0.1, 0.15) is 38.3 Å². The monoisotopic (exact) mass is 453 g/mol. The molecule has 1 N–H and O–H groups in total. The molecule has 2 heterocycles. The van der Waals surface area contributed by atoms with Gasteiger partial charge in [0.1, 0.15) is 18.5 Å². The molecule has 2 aliphatic rings. The van der Waals surface area contributed by atoms with Crippen molar-refractivity contribution < 1.29 is 18.7 Å². The summed E-state index contributed by atoms with van der Waals surface area (Å²) in [5.74, 6) is -0.312. The predicted molar refractivity (Wildman–Crippen MR) is 124 cm³/mol. The van der Waals surface area contributed by atoms with Gasteiger partial charge in [-0.2, -0.15) is 0 Å². The van der Waals surface area contributed by atoms with E-state index in [1.807, 2.05) is 68.1 Å². The van der Waals surface area contributed by atoms with Crippen molar-refractivity contribution in [2.75, 3.05) is 13.1 Å². The third kappa shape index (κ3) is 5.71. The van der Waals surface area contributed by atoms with Crippen LogP contribution in [-0.4, -0.2) is 53.0 Å². The van der Waals surface area contributed by atoms with Gasteiger partial charge < -0.3 is 15.0 Å². The van der Waals surface area contributed by atoms with Gasteiger partial charge >= 0.3 is 6.09 Å². The number of alkyl carbamates (subject to hydrolysis) is 1. The zero-order valence-electron chi connectivity index (χ0n) is 19.5. The molecule has 0 bridgehead atoms. The number of ether oxygens (including phenoxy) is 1. The van der Waals surface area contributed by atoms with Gasteiger partial charge in [-0.25, -0.2) is 9.18 Å². The maximum atomic E-state index is 13.4. The molecule has 7 heteroatoms. The number of likely N-dealkylation sites (tertiary alicyclic amines) is 1. The van der Waals surface area contributed by atoms with Crippen molar-refractivity contribution in [2.24, 2.45) is 5.41 Å². The highest BCUT2D eigenvalue weighted by Crippen LogP contribution is 2.38. The minimum atomic E-state index is -0.679. The fraction of sp³-hybridized carbons (Fsp3) is 0.462. The topological polar surface area (TPSA) is 61.6 Å². The summed E-state index contributed by atoms with van der Waals surface area (Å²) in [6.07, 6.45) is 0.304. The van der Waals surface area contributed by atoms with Gasteiger partial charge in [0.25, 0.3) is 0 Å². The van der Waals surface area contributed by atoms with Gasteiger partial charge in [0, 0.05) is 31.7 Å². The Kier molecular flexibility index (Phi) is 6.70. The summed E-state index contributed by atoms with van der Waals surface area (Å²) >= 11 is 0. The van der Waals surface area contributed by atoms with Gasteiger partial charge in [0.15, 0.2) is 0 Å². The molecule has 2 aromatic rings. The fourth-order valence-corrected chi connectivity index (χ4v) is 4.53. The lowest BCUT2D eigenvalue weighted by Crippen LogP contribution is -2.56. The summed E-state index contributed by atoms with van der Waals surface area (Å²) in [5.41, 5.74) is 1.50. The Morgan fingerprint density at radius 3 is 2.42 bits per heavy atom. The van der Waals surface area contributed by atoms with E-state index in [2.05, 4.69) is 10.2 Å². The second-order valence-corrected chi connectivity index (χ2v) is 10.0. The van der Waals surface area contributed by atoms with E-state index in [-0.39, 0.29) is 18.3 Å². The summed E-state index contributed by atoms with van der Waals surface area (Å²) in [6.45, 7) is 8.03. The Morgan fingerprint density at radius 2 is 1.76 bits per heavy atom.